The zero-order valence-electron chi connectivity index (χ0n) is 22.5. The summed E-state index contributed by atoms with van der Waals surface area (Å²) in [6, 6.07) is 31.5. The molecule has 0 aliphatic carbocycles. The van der Waals surface area contributed by atoms with E-state index in [9.17, 15) is 0 Å². The quantitative estimate of drug-likeness (QED) is 0.235. The lowest BCUT2D eigenvalue weighted by molar-refractivity contribution is 1.07. The molecule has 7 heteroatoms. The molecule has 2 aliphatic rings. The molecule has 42 heavy (non-hydrogen) atoms. The number of benzene rings is 3. The smallest absolute Gasteiger partial charge is 0.320 e. The third kappa shape index (κ3) is 4.19. The highest BCUT2D eigenvalue weighted by Crippen LogP contribution is 2.40. The molecular weight excluding hydrogens is 515 g/mol. The maximum Gasteiger partial charge on any atom is 0.320 e. The molecule has 0 radical (unpaired) electrons. The highest BCUT2D eigenvalue weighted by Gasteiger charge is 2.33. The molecule has 0 unspecified atom stereocenters. The zero-order chi connectivity index (χ0) is 27.9. The van der Waals surface area contributed by atoms with Crippen LogP contribution in [0.4, 0.5) is 5.69 Å². The summed E-state index contributed by atoms with van der Waals surface area (Å²) < 4.78 is 0. The summed E-state index contributed by atoms with van der Waals surface area (Å²) >= 11 is 0. The standard InChI is InChI=1S/C35H23BN6/c1-2-6-24(7-3-1)27-8-10-29-30-11-9-28(23-32(30)42-21-5-4-16-36(42)31(29)22-27)35-40-33(25-12-17-37-18-13-25)39-34(41-35)26-14-19-38-20-15-26/h1-23H. The summed E-state index contributed by atoms with van der Waals surface area (Å²) in [6.07, 6.45) is 13.4. The number of hydrogen-bond donors (Lipinski definition) is 0. The fraction of sp³-hybridized carbons (Fsp3) is 0. The van der Waals surface area contributed by atoms with E-state index in [2.05, 4.69) is 106 Å². The van der Waals surface area contributed by atoms with E-state index in [1.807, 2.05) is 24.3 Å². The van der Waals surface area contributed by atoms with Crippen LogP contribution in [0.3, 0.4) is 0 Å². The van der Waals surface area contributed by atoms with Crippen molar-refractivity contribution >= 4 is 18.0 Å². The van der Waals surface area contributed by atoms with Crippen molar-refractivity contribution in [2.75, 3.05) is 4.81 Å². The summed E-state index contributed by atoms with van der Waals surface area (Å²) in [6.45, 7) is 0.0922. The highest BCUT2D eigenvalue weighted by molar-refractivity contribution is 6.83. The Morgan fingerprint density at radius 3 is 1.81 bits per heavy atom. The maximum atomic E-state index is 4.93. The number of allylic oxidation sites excluding steroid dienone is 2. The van der Waals surface area contributed by atoms with Crippen LogP contribution in [0, 0.1) is 0 Å². The number of pyridine rings is 2. The summed E-state index contributed by atoms with van der Waals surface area (Å²) in [5.74, 6) is 4.08. The summed E-state index contributed by atoms with van der Waals surface area (Å²) in [5.41, 5.74) is 9.95. The van der Waals surface area contributed by atoms with Gasteiger partial charge in [0, 0.05) is 52.7 Å². The van der Waals surface area contributed by atoms with E-state index in [-0.39, 0.29) is 6.85 Å². The van der Waals surface area contributed by atoms with Crippen LogP contribution in [-0.4, -0.2) is 31.8 Å². The number of aromatic nitrogens is 5. The van der Waals surface area contributed by atoms with Crippen molar-refractivity contribution in [3.8, 4) is 56.4 Å². The van der Waals surface area contributed by atoms with E-state index in [1.165, 1.54) is 27.7 Å². The minimum absolute atomic E-state index is 0.0922. The van der Waals surface area contributed by atoms with Crippen molar-refractivity contribution in [1.29, 1.82) is 0 Å². The molecule has 2 aliphatic heterocycles. The van der Waals surface area contributed by atoms with Gasteiger partial charge in [0.1, 0.15) is 0 Å². The summed E-state index contributed by atoms with van der Waals surface area (Å²) in [7, 11) is 0. The second-order valence-corrected chi connectivity index (χ2v) is 10.3. The minimum Gasteiger partial charge on any atom is -0.383 e. The van der Waals surface area contributed by atoms with Crippen molar-refractivity contribution in [1.82, 2.24) is 24.9 Å². The summed E-state index contributed by atoms with van der Waals surface area (Å²) in [4.78, 5) is 25.3. The molecule has 3 aromatic carbocycles. The number of nitrogens with zero attached hydrogens (tertiary/aromatic N) is 6. The van der Waals surface area contributed by atoms with Crippen LogP contribution in [0.2, 0.25) is 0 Å². The van der Waals surface area contributed by atoms with Gasteiger partial charge in [0.05, 0.1) is 0 Å². The van der Waals surface area contributed by atoms with Gasteiger partial charge in [0.2, 0.25) is 0 Å². The normalized spacial score (nSPS) is 13.0. The van der Waals surface area contributed by atoms with Crippen molar-refractivity contribution in [2.45, 2.75) is 0 Å². The predicted octanol–water partition coefficient (Wildman–Crippen LogP) is 6.64. The summed E-state index contributed by atoms with van der Waals surface area (Å²) in [5, 5.41) is 0. The Morgan fingerprint density at radius 1 is 0.500 bits per heavy atom. The van der Waals surface area contributed by atoms with E-state index in [1.54, 1.807) is 24.8 Å². The third-order valence-electron chi connectivity index (χ3n) is 7.76. The first kappa shape index (κ1) is 24.1. The van der Waals surface area contributed by atoms with E-state index in [4.69, 9.17) is 15.0 Å². The first-order valence-electron chi connectivity index (χ1n) is 13.9. The third-order valence-corrected chi connectivity index (χ3v) is 7.76. The van der Waals surface area contributed by atoms with Crippen LogP contribution in [-0.2, 0) is 0 Å². The van der Waals surface area contributed by atoms with E-state index in [0.717, 1.165) is 22.4 Å². The lowest BCUT2D eigenvalue weighted by Gasteiger charge is -2.36. The molecule has 196 valence electrons. The van der Waals surface area contributed by atoms with E-state index < -0.39 is 0 Å². The Kier molecular flexibility index (Phi) is 5.78. The average molecular weight is 538 g/mol. The molecule has 0 amide bonds. The van der Waals surface area contributed by atoms with Gasteiger partial charge in [-0.15, -0.1) is 0 Å². The minimum atomic E-state index is 0.0922. The Bertz CT molecular complexity index is 1930. The zero-order valence-corrected chi connectivity index (χ0v) is 22.5. The Labute approximate surface area is 243 Å². The molecule has 0 bridgehead atoms. The second kappa shape index (κ2) is 10.1. The van der Waals surface area contributed by atoms with Crippen molar-refractivity contribution in [3.63, 3.8) is 0 Å². The van der Waals surface area contributed by atoms with Gasteiger partial charge in [0.15, 0.2) is 17.5 Å². The topological polar surface area (TPSA) is 67.7 Å². The van der Waals surface area contributed by atoms with Crippen LogP contribution in [0.25, 0.3) is 56.4 Å². The first-order valence-corrected chi connectivity index (χ1v) is 13.9. The van der Waals surface area contributed by atoms with Crippen molar-refractivity contribution < 1.29 is 0 Å². The molecule has 0 N–H and O–H groups in total. The SMILES string of the molecule is C1=CB2c3cc(-c4ccccc4)ccc3-c3ccc(-c4nc(-c5ccncc5)nc(-c5ccncc5)n4)cc3N2C=C1. The van der Waals surface area contributed by atoms with Crippen LogP contribution in [0.15, 0.2) is 140 Å². The van der Waals surface area contributed by atoms with Crippen molar-refractivity contribution in [2.24, 2.45) is 0 Å². The maximum absolute atomic E-state index is 4.93. The molecule has 5 heterocycles. The Hall–Kier alpha value is -5.69. The van der Waals surface area contributed by atoms with Gasteiger partial charge < -0.3 is 4.81 Å². The van der Waals surface area contributed by atoms with Crippen LogP contribution in [0.5, 0.6) is 0 Å². The van der Waals surface area contributed by atoms with E-state index in [0.29, 0.717) is 17.5 Å². The van der Waals surface area contributed by atoms with Gasteiger partial charge >= 0.3 is 6.85 Å². The van der Waals surface area contributed by atoms with Crippen LogP contribution < -0.4 is 10.3 Å². The Morgan fingerprint density at radius 2 is 1.12 bits per heavy atom. The average Bonchev–Trinajstić information content (AvgIpc) is 3.09. The number of hydrogen-bond acceptors (Lipinski definition) is 6. The van der Waals surface area contributed by atoms with Crippen LogP contribution >= 0.6 is 0 Å². The molecule has 6 aromatic rings. The molecular formula is C35H23BN6. The van der Waals surface area contributed by atoms with Gasteiger partial charge in [-0.25, -0.2) is 15.0 Å². The first-order chi connectivity index (χ1) is 20.8. The van der Waals surface area contributed by atoms with Gasteiger partial charge in [-0.2, -0.15) is 0 Å². The van der Waals surface area contributed by atoms with Gasteiger partial charge in [-0.05, 0) is 64.8 Å². The highest BCUT2D eigenvalue weighted by atomic mass is 15.1. The second-order valence-electron chi connectivity index (χ2n) is 10.3. The fourth-order valence-electron chi connectivity index (χ4n) is 5.72. The largest absolute Gasteiger partial charge is 0.383 e. The predicted molar refractivity (Wildman–Crippen MR) is 169 cm³/mol. The van der Waals surface area contributed by atoms with Gasteiger partial charge in [-0.1, -0.05) is 72.7 Å². The number of anilines is 1. The molecule has 0 atom stereocenters. The number of fused-ring (bicyclic) bond motifs is 6. The monoisotopic (exact) mass is 538 g/mol. The lowest BCUT2D eigenvalue weighted by Crippen LogP contribution is -2.49. The Balaban J connectivity index is 1.28. The lowest BCUT2D eigenvalue weighted by atomic mass is 9.49. The molecule has 0 spiro atoms. The fourth-order valence-corrected chi connectivity index (χ4v) is 5.72. The molecule has 8 rings (SSSR count). The van der Waals surface area contributed by atoms with Crippen molar-refractivity contribution in [3.05, 3.63) is 140 Å². The molecule has 3 aromatic heterocycles. The van der Waals surface area contributed by atoms with Crippen LogP contribution in [0.1, 0.15) is 0 Å². The number of rotatable bonds is 4. The molecule has 0 saturated heterocycles. The molecule has 6 nitrogen and oxygen atoms in total. The molecule has 0 fully saturated rings. The van der Waals surface area contributed by atoms with Gasteiger partial charge in [0.25, 0.3) is 0 Å². The van der Waals surface area contributed by atoms with Gasteiger partial charge in [-0.3, -0.25) is 9.97 Å². The van der Waals surface area contributed by atoms with E-state index >= 15 is 0 Å². The molecule has 0 saturated carbocycles.